The molecule has 3 rings (SSSR count). The first kappa shape index (κ1) is 21.1. The fourth-order valence-corrected chi connectivity index (χ4v) is 4.36. The van der Waals surface area contributed by atoms with E-state index in [2.05, 4.69) is 17.0 Å². The average molecular weight is 420 g/mol. The molecular weight excluding hydrogens is 394 g/mol. The molecule has 0 aliphatic carbocycles. The Bertz CT molecular complexity index is 1060. The number of pyridine rings is 1. The first-order valence-electron chi connectivity index (χ1n) is 9.22. The van der Waals surface area contributed by atoms with E-state index in [1.165, 1.54) is 22.4 Å². The molecule has 3 N–H and O–H groups in total. The second kappa shape index (κ2) is 7.64. The van der Waals surface area contributed by atoms with Crippen LogP contribution in [0.3, 0.4) is 0 Å². The zero-order valence-electron chi connectivity index (χ0n) is 16.4. The van der Waals surface area contributed by atoms with E-state index in [0.29, 0.717) is 5.92 Å². The molecule has 1 aromatic carbocycles. The minimum atomic E-state index is -3.99. The highest BCUT2D eigenvalue weighted by atomic mass is 32.2. The van der Waals surface area contributed by atoms with E-state index in [-0.39, 0.29) is 6.54 Å². The van der Waals surface area contributed by atoms with Crippen molar-refractivity contribution in [3.8, 4) is 0 Å². The summed E-state index contributed by atoms with van der Waals surface area (Å²) < 4.78 is 23.0. The Morgan fingerprint density at radius 1 is 1.28 bits per heavy atom. The van der Waals surface area contributed by atoms with E-state index in [0.717, 1.165) is 32.0 Å². The van der Waals surface area contributed by atoms with Gasteiger partial charge in [0.05, 0.1) is 6.54 Å². The Morgan fingerprint density at radius 2 is 1.90 bits per heavy atom. The van der Waals surface area contributed by atoms with Crippen LogP contribution in [0.15, 0.2) is 53.5 Å². The maximum Gasteiger partial charge on any atom is 0.252 e. The monoisotopic (exact) mass is 419 g/mol. The van der Waals surface area contributed by atoms with Crippen molar-refractivity contribution < 1.29 is 18.3 Å². The van der Waals surface area contributed by atoms with Crippen molar-refractivity contribution >= 4 is 21.4 Å². The number of rotatable bonds is 7. The van der Waals surface area contributed by atoms with Gasteiger partial charge in [0.2, 0.25) is 5.91 Å². The average Bonchev–Trinajstić information content (AvgIpc) is 2.61. The van der Waals surface area contributed by atoms with Gasteiger partial charge in [0.15, 0.2) is 14.6 Å². The maximum atomic E-state index is 12.5. The van der Waals surface area contributed by atoms with Crippen molar-refractivity contribution in [2.24, 2.45) is 5.73 Å². The third-order valence-corrected chi connectivity index (χ3v) is 7.78. The predicted molar refractivity (Wildman–Crippen MR) is 111 cm³/mol. The first-order valence-corrected chi connectivity index (χ1v) is 11.1. The van der Waals surface area contributed by atoms with Crippen LogP contribution < -0.4 is 16.2 Å². The molecule has 0 spiro atoms. The van der Waals surface area contributed by atoms with Crippen molar-refractivity contribution in [3.05, 3.63) is 64.6 Å². The minimum Gasteiger partial charge on any atom is -0.389 e. The topological polar surface area (TPSA) is 123 Å². The molecule has 2 heterocycles. The van der Waals surface area contributed by atoms with Crippen LogP contribution in [-0.4, -0.2) is 54.2 Å². The number of hydrogen-bond acceptors (Lipinski definition) is 6. The summed E-state index contributed by atoms with van der Waals surface area (Å²) in [6, 6.07) is 13.3. The van der Waals surface area contributed by atoms with E-state index in [1.54, 1.807) is 6.07 Å². The number of carbonyl (C=O) groups is 1. The molecular formula is C20H25N3O5S. The number of benzene rings is 1. The van der Waals surface area contributed by atoms with Gasteiger partial charge >= 0.3 is 0 Å². The van der Waals surface area contributed by atoms with Crippen molar-refractivity contribution in [1.82, 2.24) is 4.57 Å². The van der Waals surface area contributed by atoms with Crippen LogP contribution in [0.4, 0.5) is 5.69 Å². The molecule has 2 atom stereocenters. The molecule has 1 aliphatic heterocycles. The van der Waals surface area contributed by atoms with Gasteiger partial charge in [-0.1, -0.05) is 30.3 Å². The van der Waals surface area contributed by atoms with Gasteiger partial charge < -0.3 is 20.3 Å². The zero-order chi connectivity index (χ0) is 21.4. The molecule has 0 saturated carbocycles. The van der Waals surface area contributed by atoms with E-state index in [4.69, 9.17) is 5.73 Å². The lowest BCUT2D eigenvalue weighted by molar-refractivity contribution is -0.123. The van der Waals surface area contributed by atoms with Crippen LogP contribution in [0.25, 0.3) is 0 Å². The molecule has 0 radical (unpaired) electrons. The standard InChI is InChI=1S/C20H25N3O5S/c1-20(19(21)26,29(2,27)28)17(24)13-22-9-8-16(10-18(22)25)23-11-15(12-23)14-6-4-3-5-7-14/h3-10,15,17,24H,11-13H2,1-2H3,(H2,21,26). The quantitative estimate of drug-likeness (QED) is 0.656. The number of carbonyl (C=O) groups excluding carboxylic acids is 1. The summed E-state index contributed by atoms with van der Waals surface area (Å²) in [5.41, 5.74) is 6.84. The number of aromatic nitrogens is 1. The van der Waals surface area contributed by atoms with Gasteiger partial charge in [-0.15, -0.1) is 0 Å². The third kappa shape index (κ3) is 3.92. The van der Waals surface area contributed by atoms with Crippen molar-refractivity contribution in [2.45, 2.75) is 30.2 Å². The van der Waals surface area contributed by atoms with Gasteiger partial charge in [0, 0.05) is 43.2 Å². The lowest BCUT2D eigenvalue weighted by Crippen LogP contribution is -2.57. The largest absolute Gasteiger partial charge is 0.389 e. The summed E-state index contributed by atoms with van der Waals surface area (Å²) >= 11 is 0. The second-order valence-corrected chi connectivity index (χ2v) is 10.0. The molecule has 8 nitrogen and oxygen atoms in total. The molecule has 9 heteroatoms. The number of sulfone groups is 1. The summed E-state index contributed by atoms with van der Waals surface area (Å²) in [7, 11) is -3.99. The zero-order valence-corrected chi connectivity index (χ0v) is 17.2. The number of aliphatic hydroxyl groups excluding tert-OH is 1. The fraction of sp³-hybridized carbons (Fsp3) is 0.400. The Labute approximate surface area is 169 Å². The first-order chi connectivity index (χ1) is 13.5. The molecule has 1 saturated heterocycles. The van der Waals surface area contributed by atoms with Crippen molar-refractivity contribution in [2.75, 3.05) is 24.2 Å². The Morgan fingerprint density at radius 3 is 2.41 bits per heavy atom. The number of anilines is 1. The fourth-order valence-electron chi connectivity index (χ4n) is 3.42. The maximum absolute atomic E-state index is 12.5. The van der Waals surface area contributed by atoms with Crippen LogP contribution in [0, 0.1) is 0 Å². The van der Waals surface area contributed by atoms with Crippen LogP contribution in [-0.2, 0) is 21.2 Å². The summed E-state index contributed by atoms with van der Waals surface area (Å²) in [4.78, 5) is 26.3. The van der Waals surface area contributed by atoms with Crippen molar-refractivity contribution in [3.63, 3.8) is 0 Å². The third-order valence-electron chi connectivity index (χ3n) is 5.76. The van der Waals surface area contributed by atoms with Crippen LogP contribution >= 0.6 is 0 Å². The Hall–Kier alpha value is -2.65. The predicted octanol–water partition coefficient (Wildman–Crippen LogP) is 0.102. The van der Waals surface area contributed by atoms with E-state index < -0.39 is 32.2 Å². The number of aliphatic hydroxyl groups is 1. The van der Waals surface area contributed by atoms with Gasteiger partial charge in [-0.3, -0.25) is 9.59 Å². The highest BCUT2D eigenvalue weighted by Gasteiger charge is 2.48. The Kier molecular flexibility index (Phi) is 5.55. The SMILES string of the molecule is CC(C(N)=O)(C(O)Cn1ccc(N2CC(c3ccccc3)C2)cc1=O)S(C)(=O)=O. The summed E-state index contributed by atoms with van der Waals surface area (Å²) in [5.74, 6) is -0.754. The molecule has 2 unspecified atom stereocenters. The number of primary amides is 1. The van der Waals surface area contributed by atoms with Crippen LogP contribution in [0.2, 0.25) is 0 Å². The molecule has 29 heavy (non-hydrogen) atoms. The van der Waals surface area contributed by atoms with Crippen LogP contribution in [0.5, 0.6) is 0 Å². The lowest BCUT2D eigenvalue weighted by Gasteiger charge is -2.41. The molecule has 1 fully saturated rings. The summed E-state index contributed by atoms with van der Waals surface area (Å²) in [5, 5.41) is 10.4. The number of nitrogens with zero attached hydrogens (tertiary/aromatic N) is 2. The molecule has 1 aliphatic rings. The Balaban J connectivity index is 1.72. The summed E-state index contributed by atoms with van der Waals surface area (Å²) in [6.07, 6.45) is 0.658. The minimum absolute atomic E-state index is 0.363. The smallest absolute Gasteiger partial charge is 0.252 e. The van der Waals surface area contributed by atoms with Gasteiger partial charge in [-0.25, -0.2) is 8.42 Å². The normalized spacial score (nSPS) is 18.0. The van der Waals surface area contributed by atoms with Gasteiger partial charge in [0.1, 0.15) is 6.10 Å². The number of nitrogens with two attached hydrogens (primary N) is 1. The number of hydrogen-bond donors (Lipinski definition) is 2. The second-order valence-electron chi connectivity index (χ2n) is 7.65. The van der Waals surface area contributed by atoms with E-state index in [1.807, 2.05) is 18.2 Å². The molecule has 1 aromatic heterocycles. The van der Waals surface area contributed by atoms with Gasteiger partial charge in [0.25, 0.3) is 5.56 Å². The lowest BCUT2D eigenvalue weighted by atomic mass is 9.91. The number of amides is 1. The highest BCUT2D eigenvalue weighted by molar-refractivity contribution is 7.92. The van der Waals surface area contributed by atoms with Crippen LogP contribution in [0.1, 0.15) is 18.4 Å². The molecule has 0 bridgehead atoms. The van der Waals surface area contributed by atoms with Gasteiger partial charge in [-0.05, 0) is 18.6 Å². The van der Waals surface area contributed by atoms with Gasteiger partial charge in [-0.2, -0.15) is 0 Å². The van der Waals surface area contributed by atoms with Crippen molar-refractivity contribution in [1.29, 1.82) is 0 Å². The molecule has 1 amide bonds. The van der Waals surface area contributed by atoms with E-state index in [9.17, 15) is 23.1 Å². The molecule has 156 valence electrons. The molecule has 2 aromatic rings. The summed E-state index contributed by atoms with van der Waals surface area (Å²) in [6.45, 7) is 2.30. The van der Waals surface area contributed by atoms with E-state index >= 15 is 0 Å². The highest BCUT2D eigenvalue weighted by Crippen LogP contribution is 2.30.